The molecule has 0 aliphatic rings. The Balaban J connectivity index is 1.21. The van der Waals surface area contributed by atoms with E-state index in [0.29, 0.717) is 27.0 Å². The number of thioether (sulfide) groups is 1. The van der Waals surface area contributed by atoms with E-state index < -0.39 is 11.8 Å². The SMILES string of the molecule is Cc1ccc2nc(NC(=O)CSc3ccc(NC(=O)/C(=C/c4ccccc4Cl)NC(=O)c4ccccc4)cc3)sc2c1. The Labute approximate surface area is 256 Å². The summed E-state index contributed by atoms with van der Waals surface area (Å²) in [5.41, 5.74) is 3.57. The van der Waals surface area contributed by atoms with Gasteiger partial charge in [0.1, 0.15) is 5.70 Å². The molecular weight excluding hydrogens is 588 g/mol. The Hall–Kier alpha value is -4.44. The van der Waals surface area contributed by atoms with Crippen LogP contribution in [-0.2, 0) is 9.59 Å². The summed E-state index contributed by atoms with van der Waals surface area (Å²) in [7, 11) is 0. The highest BCUT2D eigenvalue weighted by Gasteiger charge is 2.16. The third-order valence-electron chi connectivity index (χ3n) is 6.01. The van der Waals surface area contributed by atoms with E-state index in [1.54, 1.807) is 60.7 Å². The van der Waals surface area contributed by atoms with Crippen molar-refractivity contribution in [1.29, 1.82) is 0 Å². The van der Waals surface area contributed by atoms with Crippen molar-refractivity contribution in [1.82, 2.24) is 10.3 Å². The van der Waals surface area contributed by atoms with Crippen LogP contribution in [0.5, 0.6) is 0 Å². The maximum atomic E-state index is 13.3. The lowest BCUT2D eigenvalue weighted by atomic mass is 10.1. The van der Waals surface area contributed by atoms with E-state index in [-0.39, 0.29) is 17.4 Å². The van der Waals surface area contributed by atoms with Gasteiger partial charge in [-0.25, -0.2) is 4.98 Å². The highest BCUT2D eigenvalue weighted by Crippen LogP contribution is 2.27. The van der Waals surface area contributed by atoms with Crippen molar-refractivity contribution in [3.05, 3.63) is 124 Å². The smallest absolute Gasteiger partial charge is 0.272 e. The zero-order chi connectivity index (χ0) is 29.5. The van der Waals surface area contributed by atoms with Gasteiger partial charge in [-0.2, -0.15) is 0 Å². The van der Waals surface area contributed by atoms with Crippen LogP contribution in [-0.4, -0.2) is 28.5 Å². The van der Waals surface area contributed by atoms with Gasteiger partial charge >= 0.3 is 0 Å². The highest BCUT2D eigenvalue weighted by molar-refractivity contribution is 8.00. The second kappa shape index (κ2) is 13.5. The summed E-state index contributed by atoms with van der Waals surface area (Å²) in [4.78, 5) is 43.9. The Morgan fingerprint density at radius 1 is 0.905 bits per heavy atom. The normalized spacial score (nSPS) is 11.2. The average Bonchev–Trinajstić information content (AvgIpc) is 3.39. The molecule has 5 aromatic rings. The van der Waals surface area contributed by atoms with Gasteiger partial charge in [-0.1, -0.05) is 65.4 Å². The summed E-state index contributed by atoms with van der Waals surface area (Å²) in [6, 6.07) is 28.8. The largest absolute Gasteiger partial charge is 0.321 e. The summed E-state index contributed by atoms with van der Waals surface area (Å²) >= 11 is 9.12. The van der Waals surface area contributed by atoms with Gasteiger partial charge in [-0.05, 0) is 78.7 Å². The fourth-order valence-electron chi connectivity index (χ4n) is 3.91. The Kier molecular flexibility index (Phi) is 9.33. The number of nitrogens with zero attached hydrogens (tertiary/aromatic N) is 1. The number of thiazole rings is 1. The Bertz CT molecular complexity index is 1790. The average molecular weight is 613 g/mol. The molecule has 1 aromatic heterocycles. The van der Waals surface area contributed by atoms with Crippen molar-refractivity contribution in [2.45, 2.75) is 11.8 Å². The molecule has 1 heterocycles. The van der Waals surface area contributed by atoms with E-state index in [1.165, 1.54) is 29.2 Å². The molecule has 0 spiro atoms. The first-order valence-electron chi connectivity index (χ1n) is 12.9. The van der Waals surface area contributed by atoms with E-state index in [0.717, 1.165) is 20.7 Å². The summed E-state index contributed by atoms with van der Waals surface area (Å²) in [5.74, 6) is -0.881. The number of halogens is 1. The van der Waals surface area contributed by atoms with Gasteiger partial charge in [0.25, 0.3) is 11.8 Å². The first-order valence-corrected chi connectivity index (χ1v) is 15.1. The van der Waals surface area contributed by atoms with Crippen LogP contribution in [0.15, 0.2) is 108 Å². The number of nitrogens with one attached hydrogen (secondary N) is 3. The van der Waals surface area contributed by atoms with Gasteiger partial charge in [-0.3, -0.25) is 14.4 Å². The number of benzene rings is 4. The number of carbonyl (C=O) groups is 3. The van der Waals surface area contributed by atoms with Crippen molar-refractivity contribution in [3.63, 3.8) is 0 Å². The topological polar surface area (TPSA) is 100 Å². The summed E-state index contributed by atoms with van der Waals surface area (Å²) in [5, 5.41) is 9.40. The van der Waals surface area contributed by atoms with E-state index in [4.69, 9.17) is 11.6 Å². The number of carbonyl (C=O) groups excluding carboxylic acids is 3. The number of anilines is 2. The van der Waals surface area contributed by atoms with Gasteiger partial charge in [0.05, 0.1) is 16.0 Å². The molecule has 0 aliphatic heterocycles. The summed E-state index contributed by atoms with van der Waals surface area (Å²) in [6.07, 6.45) is 1.54. The van der Waals surface area contributed by atoms with Crippen LogP contribution >= 0.6 is 34.7 Å². The lowest BCUT2D eigenvalue weighted by Gasteiger charge is -2.12. The van der Waals surface area contributed by atoms with Crippen molar-refractivity contribution < 1.29 is 14.4 Å². The number of fused-ring (bicyclic) bond motifs is 1. The number of aromatic nitrogens is 1. The van der Waals surface area contributed by atoms with Gasteiger partial charge in [-0.15, -0.1) is 11.8 Å². The zero-order valence-corrected chi connectivity index (χ0v) is 24.8. The van der Waals surface area contributed by atoms with E-state index in [1.807, 2.05) is 43.3 Å². The predicted octanol–water partition coefficient (Wildman–Crippen LogP) is 7.40. The van der Waals surface area contributed by atoms with E-state index >= 15 is 0 Å². The van der Waals surface area contributed by atoms with Crippen molar-refractivity contribution in [2.75, 3.05) is 16.4 Å². The number of hydrogen-bond donors (Lipinski definition) is 3. The molecule has 3 N–H and O–H groups in total. The van der Waals surface area contributed by atoms with E-state index in [9.17, 15) is 14.4 Å². The first-order chi connectivity index (χ1) is 20.3. The molecule has 10 heteroatoms. The first kappa shape index (κ1) is 29.1. The van der Waals surface area contributed by atoms with Crippen LogP contribution in [0.4, 0.5) is 10.8 Å². The number of amides is 3. The minimum atomic E-state index is -0.509. The van der Waals surface area contributed by atoms with E-state index in [2.05, 4.69) is 20.9 Å². The molecule has 4 aromatic carbocycles. The van der Waals surface area contributed by atoms with Gasteiger partial charge in [0, 0.05) is 21.2 Å². The molecule has 0 aliphatic carbocycles. The maximum Gasteiger partial charge on any atom is 0.272 e. The molecule has 42 heavy (non-hydrogen) atoms. The number of rotatable bonds is 9. The quantitative estimate of drug-likeness (QED) is 0.119. The van der Waals surface area contributed by atoms with Crippen molar-refractivity contribution >= 4 is 79.5 Å². The minimum absolute atomic E-state index is 0.0390. The second-order valence-electron chi connectivity index (χ2n) is 9.21. The fourth-order valence-corrected chi connectivity index (χ4v) is 5.78. The molecule has 7 nitrogen and oxygen atoms in total. The zero-order valence-electron chi connectivity index (χ0n) is 22.4. The molecule has 0 radical (unpaired) electrons. The molecule has 210 valence electrons. The van der Waals surface area contributed by atoms with Crippen LogP contribution in [0.25, 0.3) is 16.3 Å². The molecule has 0 fully saturated rings. The highest BCUT2D eigenvalue weighted by atomic mass is 35.5. The third-order valence-corrected chi connectivity index (χ3v) is 8.30. The van der Waals surface area contributed by atoms with Crippen LogP contribution in [0.3, 0.4) is 0 Å². The van der Waals surface area contributed by atoms with Gasteiger partial charge in [0.15, 0.2) is 5.13 Å². The molecule has 0 saturated heterocycles. The number of hydrogen-bond acceptors (Lipinski definition) is 6. The van der Waals surface area contributed by atoms with Crippen molar-refractivity contribution in [3.8, 4) is 0 Å². The van der Waals surface area contributed by atoms with Crippen LogP contribution < -0.4 is 16.0 Å². The minimum Gasteiger partial charge on any atom is -0.321 e. The van der Waals surface area contributed by atoms with Crippen molar-refractivity contribution in [2.24, 2.45) is 0 Å². The molecular formula is C32H25ClN4O3S2. The van der Waals surface area contributed by atoms with Crippen LogP contribution in [0.1, 0.15) is 21.5 Å². The monoisotopic (exact) mass is 612 g/mol. The number of aryl methyl sites for hydroxylation is 1. The lowest BCUT2D eigenvalue weighted by molar-refractivity contribution is -0.114. The molecule has 0 atom stereocenters. The molecule has 3 amide bonds. The molecule has 0 saturated carbocycles. The lowest BCUT2D eigenvalue weighted by Crippen LogP contribution is -2.30. The fraction of sp³-hybridized carbons (Fsp3) is 0.0625. The summed E-state index contributed by atoms with van der Waals surface area (Å²) in [6.45, 7) is 2.02. The molecule has 0 unspecified atom stereocenters. The van der Waals surface area contributed by atoms with Crippen LogP contribution in [0.2, 0.25) is 5.02 Å². The molecule has 5 rings (SSSR count). The van der Waals surface area contributed by atoms with Gasteiger partial charge < -0.3 is 16.0 Å². The van der Waals surface area contributed by atoms with Crippen LogP contribution in [0, 0.1) is 6.92 Å². The Morgan fingerprint density at radius 3 is 2.40 bits per heavy atom. The third kappa shape index (κ3) is 7.64. The maximum absolute atomic E-state index is 13.3. The predicted molar refractivity (Wildman–Crippen MR) is 172 cm³/mol. The second-order valence-corrected chi connectivity index (χ2v) is 11.7. The summed E-state index contributed by atoms with van der Waals surface area (Å²) < 4.78 is 1.03. The molecule has 0 bridgehead atoms. The Morgan fingerprint density at radius 2 is 1.64 bits per heavy atom. The standard InChI is InChI=1S/C32H25ClN4O3S2/c1-20-11-16-26-28(17-20)42-32(36-26)37-29(38)19-41-24-14-12-23(13-15-24)34-31(40)27(18-22-9-5-6-10-25(22)33)35-30(39)21-7-3-2-4-8-21/h2-18H,19H2,1H3,(H,34,40)(H,35,39)(H,36,37,38)/b27-18-. The van der Waals surface area contributed by atoms with Gasteiger partial charge in [0.2, 0.25) is 5.91 Å².